The van der Waals surface area contributed by atoms with Crippen LogP contribution in [-0.2, 0) is 39.9 Å². The van der Waals surface area contributed by atoms with Crippen LogP contribution in [0, 0.1) is 0 Å². The summed E-state index contributed by atoms with van der Waals surface area (Å²) in [6, 6.07) is 20.3. The highest BCUT2D eigenvalue weighted by molar-refractivity contribution is 6.25. The van der Waals surface area contributed by atoms with Crippen LogP contribution in [0.4, 0.5) is 5.69 Å². The Labute approximate surface area is 340 Å². The van der Waals surface area contributed by atoms with Crippen molar-refractivity contribution in [2.75, 3.05) is 71.3 Å². The molecule has 0 radical (unpaired) electrons. The molecule has 2 aromatic heterocycles. The van der Waals surface area contributed by atoms with Crippen LogP contribution in [0.3, 0.4) is 0 Å². The van der Waals surface area contributed by atoms with E-state index in [0.717, 1.165) is 37.9 Å². The third kappa shape index (κ3) is 10.2. The molecule has 306 valence electrons. The zero-order valence-corrected chi connectivity index (χ0v) is 32.4. The molecule has 1 fully saturated rings. The fourth-order valence-corrected chi connectivity index (χ4v) is 6.94. The van der Waals surface area contributed by atoms with Gasteiger partial charge in [-0.25, -0.2) is 0 Å². The van der Waals surface area contributed by atoms with Crippen molar-refractivity contribution in [3.8, 4) is 22.3 Å². The molecule has 0 aliphatic carbocycles. The van der Waals surface area contributed by atoms with Crippen LogP contribution < -0.4 is 16.0 Å². The van der Waals surface area contributed by atoms with Gasteiger partial charge in [0.25, 0.3) is 11.8 Å². The number of hydrogen-bond acceptors (Lipinski definition) is 12. The fraction of sp³-hybridized carbons (Fsp3) is 0.326. The topological polar surface area (TPSA) is 192 Å². The van der Waals surface area contributed by atoms with Crippen molar-refractivity contribution >= 4 is 46.0 Å². The zero-order valence-electron chi connectivity index (χ0n) is 32.4. The van der Waals surface area contributed by atoms with Crippen LogP contribution in [-0.4, -0.2) is 121 Å². The van der Waals surface area contributed by atoms with E-state index >= 15 is 0 Å². The molecule has 5 aromatic rings. The van der Waals surface area contributed by atoms with Gasteiger partial charge in [0.15, 0.2) is 0 Å². The van der Waals surface area contributed by atoms with Gasteiger partial charge in [-0.1, -0.05) is 54.6 Å². The summed E-state index contributed by atoms with van der Waals surface area (Å²) in [6.07, 6.45) is 7.51. The standard InChI is InChI=1S/C43H45N7O9/c51-38-13-12-37(41(53)48-38)50-42(54)34-6-3-7-36(40(34)43(50)55)45-14-16-56-18-20-58-22-23-59-21-19-57-17-15-46-39(52)28-49-27-32(25-47-49)29-8-10-30(11-9-29)35-26-44-24-31-4-1-2-5-33(31)35/h1-11,24-27,37,45H,12-23,28H2,(H,46,52)(H,48,51,53). The van der Waals surface area contributed by atoms with E-state index in [2.05, 4.69) is 50.3 Å². The number of fused-ring (bicyclic) bond motifs is 2. The predicted octanol–water partition coefficient (Wildman–Crippen LogP) is 3.46. The zero-order chi connectivity index (χ0) is 41.0. The lowest BCUT2D eigenvalue weighted by Gasteiger charge is -2.27. The lowest BCUT2D eigenvalue weighted by Crippen LogP contribution is -2.54. The van der Waals surface area contributed by atoms with Crippen LogP contribution in [0.5, 0.6) is 0 Å². The fourth-order valence-electron chi connectivity index (χ4n) is 6.94. The van der Waals surface area contributed by atoms with Gasteiger partial charge in [0.1, 0.15) is 12.6 Å². The van der Waals surface area contributed by atoms with Gasteiger partial charge in [0.2, 0.25) is 17.7 Å². The molecule has 2 aliphatic rings. The van der Waals surface area contributed by atoms with Gasteiger partial charge in [-0.3, -0.25) is 43.9 Å². The number of anilines is 1. The van der Waals surface area contributed by atoms with Crippen LogP contribution in [0.15, 0.2) is 91.5 Å². The number of nitrogens with zero attached hydrogens (tertiary/aromatic N) is 4. The molecule has 1 atom stereocenters. The summed E-state index contributed by atoms with van der Waals surface area (Å²) in [6.45, 7) is 3.77. The molecule has 4 heterocycles. The van der Waals surface area contributed by atoms with Gasteiger partial charge in [-0.05, 0) is 35.1 Å². The monoisotopic (exact) mass is 803 g/mol. The van der Waals surface area contributed by atoms with Crippen molar-refractivity contribution in [2.45, 2.75) is 25.4 Å². The maximum absolute atomic E-state index is 13.2. The van der Waals surface area contributed by atoms with E-state index < -0.39 is 29.7 Å². The number of piperidine rings is 1. The predicted molar refractivity (Wildman–Crippen MR) is 216 cm³/mol. The second kappa shape index (κ2) is 19.9. The second-order valence-electron chi connectivity index (χ2n) is 13.8. The van der Waals surface area contributed by atoms with Gasteiger partial charge in [-0.2, -0.15) is 5.10 Å². The third-order valence-corrected chi connectivity index (χ3v) is 9.85. The Kier molecular flexibility index (Phi) is 13.8. The molecule has 16 nitrogen and oxygen atoms in total. The molecule has 1 unspecified atom stereocenters. The highest BCUT2D eigenvalue weighted by Crippen LogP contribution is 2.33. The Morgan fingerprint density at radius 1 is 0.712 bits per heavy atom. The molecule has 16 heteroatoms. The number of ether oxygens (including phenoxy) is 4. The number of nitrogens with one attached hydrogen (secondary N) is 3. The Morgan fingerprint density at radius 2 is 1.41 bits per heavy atom. The molecule has 59 heavy (non-hydrogen) atoms. The van der Waals surface area contributed by atoms with Crippen molar-refractivity contribution in [1.29, 1.82) is 0 Å². The maximum Gasteiger partial charge on any atom is 0.264 e. The maximum atomic E-state index is 13.2. The number of amides is 5. The summed E-state index contributed by atoms with van der Waals surface area (Å²) in [5.74, 6) is -2.35. The van der Waals surface area contributed by atoms with E-state index in [1.54, 1.807) is 29.1 Å². The van der Waals surface area contributed by atoms with Crippen LogP contribution >= 0.6 is 0 Å². The first-order valence-corrected chi connectivity index (χ1v) is 19.5. The minimum Gasteiger partial charge on any atom is -0.382 e. The van der Waals surface area contributed by atoms with E-state index in [1.807, 2.05) is 42.9 Å². The van der Waals surface area contributed by atoms with Crippen LogP contribution in [0.1, 0.15) is 33.6 Å². The second-order valence-corrected chi connectivity index (χ2v) is 13.8. The summed E-state index contributed by atoms with van der Waals surface area (Å²) in [5.41, 5.74) is 4.96. The lowest BCUT2D eigenvalue weighted by molar-refractivity contribution is -0.136. The molecular formula is C43H45N7O9. The highest BCUT2D eigenvalue weighted by Gasteiger charge is 2.45. The number of imide groups is 2. The molecule has 3 N–H and O–H groups in total. The minimum atomic E-state index is -1.02. The van der Waals surface area contributed by atoms with Gasteiger partial charge in [0, 0.05) is 60.3 Å². The Hall–Kier alpha value is -6.33. The highest BCUT2D eigenvalue weighted by atomic mass is 16.6. The summed E-state index contributed by atoms with van der Waals surface area (Å²) in [7, 11) is 0. The number of carbonyl (C=O) groups excluding carboxylic acids is 5. The van der Waals surface area contributed by atoms with E-state index in [9.17, 15) is 24.0 Å². The van der Waals surface area contributed by atoms with Gasteiger partial charge in [0.05, 0.1) is 70.2 Å². The van der Waals surface area contributed by atoms with Crippen molar-refractivity contribution in [1.82, 2.24) is 30.3 Å². The Morgan fingerprint density at radius 3 is 2.15 bits per heavy atom. The molecular weight excluding hydrogens is 759 g/mol. The number of benzene rings is 3. The number of aromatic nitrogens is 3. The summed E-state index contributed by atoms with van der Waals surface area (Å²) < 4.78 is 23.9. The molecule has 7 rings (SSSR count). The quantitative estimate of drug-likeness (QED) is 0.0725. The van der Waals surface area contributed by atoms with E-state index in [0.29, 0.717) is 71.6 Å². The van der Waals surface area contributed by atoms with Crippen LogP contribution in [0.25, 0.3) is 33.0 Å². The first kappa shape index (κ1) is 40.9. The average Bonchev–Trinajstić information content (AvgIpc) is 3.82. The lowest BCUT2D eigenvalue weighted by atomic mass is 9.99. The van der Waals surface area contributed by atoms with Crippen LogP contribution in [0.2, 0.25) is 0 Å². The third-order valence-electron chi connectivity index (χ3n) is 9.85. The molecule has 0 bridgehead atoms. The molecule has 1 saturated heterocycles. The number of rotatable bonds is 21. The smallest absolute Gasteiger partial charge is 0.264 e. The minimum absolute atomic E-state index is 0.0595. The molecule has 2 aliphatic heterocycles. The Bertz CT molecular complexity index is 2290. The summed E-state index contributed by atoms with van der Waals surface area (Å²) in [5, 5.41) is 14.8. The van der Waals surface area contributed by atoms with Crippen molar-refractivity contribution in [3.05, 3.63) is 103 Å². The normalized spacial score (nSPS) is 15.1. The molecule has 0 spiro atoms. The number of hydrogen-bond donors (Lipinski definition) is 3. The number of pyridine rings is 1. The van der Waals surface area contributed by atoms with E-state index in [4.69, 9.17) is 18.9 Å². The molecule has 0 saturated carbocycles. The average molecular weight is 804 g/mol. The molecule has 3 aromatic carbocycles. The van der Waals surface area contributed by atoms with Gasteiger partial charge < -0.3 is 29.6 Å². The summed E-state index contributed by atoms with van der Waals surface area (Å²) in [4.78, 5) is 67.8. The first-order chi connectivity index (χ1) is 28.9. The molecule has 5 amide bonds. The van der Waals surface area contributed by atoms with Gasteiger partial charge >= 0.3 is 0 Å². The Balaban J connectivity index is 0.689. The van der Waals surface area contributed by atoms with E-state index in [1.165, 1.54) is 0 Å². The SMILES string of the molecule is O=C(Cn1cc(-c2ccc(-c3cncc4ccccc34)cc2)cn1)NCCOCCOCCOCCOCCNc1cccc2c1C(=O)N(C1CCC(=O)NC1=O)C2=O. The van der Waals surface area contributed by atoms with Gasteiger partial charge in [-0.15, -0.1) is 0 Å². The van der Waals surface area contributed by atoms with E-state index in [-0.39, 0.29) is 36.4 Å². The number of carbonyl (C=O) groups is 5. The first-order valence-electron chi connectivity index (χ1n) is 19.5. The largest absolute Gasteiger partial charge is 0.382 e. The van der Waals surface area contributed by atoms with Crippen molar-refractivity contribution in [3.63, 3.8) is 0 Å². The summed E-state index contributed by atoms with van der Waals surface area (Å²) >= 11 is 0. The van der Waals surface area contributed by atoms with Crippen molar-refractivity contribution in [2.24, 2.45) is 0 Å². The van der Waals surface area contributed by atoms with Crippen molar-refractivity contribution < 1.29 is 42.9 Å².